The number of rotatable bonds is 6. The van der Waals surface area contributed by atoms with Crippen LogP contribution in [0.5, 0.6) is 0 Å². The van der Waals surface area contributed by atoms with Crippen LogP contribution in [-0.4, -0.2) is 27.1 Å². The van der Waals surface area contributed by atoms with E-state index >= 15 is 0 Å². The molecule has 1 atom stereocenters. The summed E-state index contributed by atoms with van der Waals surface area (Å²) < 4.78 is 19.4. The van der Waals surface area contributed by atoms with Crippen LogP contribution in [0.4, 0.5) is 9.18 Å². The van der Waals surface area contributed by atoms with Crippen molar-refractivity contribution in [3.63, 3.8) is 0 Å². The van der Waals surface area contributed by atoms with Gasteiger partial charge >= 0.3 is 6.03 Å². The summed E-state index contributed by atoms with van der Waals surface area (Å²) in [6, 6.07) is 3.93. The first-order valence-corrected chi connectivity index (χ1v) is 9.24. The number of halogens is 2. The molecule has 2 amide bonds. The molecule has 26 heavy (non-hydrogen) atoms. The Kier molecular flexibility index (Phi) is 4.56. The molecule has 0 radical (unpaired) electrons. The molecule has 0 unspecified atom stereocenters. The standard InChI is InChI=1S/C18H20ClFN4O2/c1-10(17-22-16(23-26-17)11-5-6-11)21-18(25)24(12-7-8-12)9-13-14(19)3-2-4-15(13)20/h2-4,10-12H,5-9H2,1H3,(H,21,25)/t10-/m0/s1. The number of nitrogens with one attached hydrogen (secondary N) is 1. The van der Waals surface area contributed by atoms with Crippen molar-refractivity contribution in [1.29, 1.82) is 0 Å². The Balaban J connectivity index is 1.45. The second-order valence-corrected chi connectivity index (χ2v) is 7.40. The van der Waals surface area contributed by atoms with E-state index in [0.29, 0.717) is 28.2 Å². The summed E-state index contributed by atoms with van der Waals surface area (Å²) in [5, 5.41) is 7.17. The van der Waals surface area contributed by atoms with Gasteiger partial charge in [-0.15, -0.1) is 0 Å². The predicted octanol–water partition coefficient (Wildman–Crippen LogP) is 4.17. The van der Waals surface area contributed by atoms with Crippen LogP contribution in [0.15, 0.2) is 22.7 Å². The average Bonchev–Trinajstić information content (AvgIpc) is 3.54. The lowest BCUT2D eigenvalue weighted by Gasteiger charge is -2.25. The van der Waals surface area contributed by atoms with Gasteiger partial charge in [-0.1, -0.05) is 22.8 Å². The third-order valence-electron chi connectivity index (χ3n) is 4.75. The molecule has 1 aromatic heterocycles. The van der Waals surface area contributed by atoms with E-state index in [-0.39, 0.29) is 18.6 Å². The van der Waals surface area contributed by atoms with Gasteiger partial charge in [0.2, 0.25) is 5.89 Å². The van der Waals surface area contributed by atoms with Gasteiger partial charge in [-0.05, 0) is 44.7 Å². The molecule has 138 valence electrons. The summed E-state index contributed by atoms with van der Waals surface area (Å²) in [5.74, 6) is 1.08. The van der Waals surface area contributed by atoms with Crippen molar-refractivity contribution in [3.8, 4) is 0 Å². The zero-order valence-electron chi connectivity index (χ0n) is 14.4. The first-order chi connectivity index (χ1) is 12.5. The van der Waals surface area contributed by atoms with E-state index in [1.807, 2.05) is 0 Å². The van der Waals surface area contributed by atoms with Crippen molar-refractivity contribution in [2.45, 2.75) is 57.2 Å². The van der Waals surface area contributed by atoms with Crippen LogP contribution in [0.2, 0.25) is 5.02 Å². The molecule has 4 rings (SSSR count). The van der Waals surface area contributed by atoms with E-state index in [9.17, 15) is 9.18 Å². The maximum Gasteiger partial charge on any atom is 0.318 e. The Morgan fingerprint density at radius 2 is 2.19 bits per heavy atom. The molecule has 8 heteroatoms. The van der Waals surface area contributed by atoms with E-state index in [1.165, 1.54) is 6.07 Å². The number of benzene rings is 1. The van der Waals surface area contributed by atoms with E-state index in [2.05, 4.69) is 15.5 Å². The van der Waals surface area contributed by atoms with Crippen LogP contribution in [-0.2, 0) is 6.54 Å². The van der Waals surface area contributed by atoms with Crippen LogP contribution >= 0.6 is 11.6 Å². The van der Waals surface area contributed by atoms with E-state index in [0.717, 1.165) is 25.7 Å². The molecule has 1 aromatic carbocycles. The monoisotopic (exact) mass is 378 g/mol. The summed E-state index contributed by atoms with van der Waals surface area (Å²) in [5.41, 5.74) is 0.331. The summed E-state index contributed by atoms with van der Waals surface area (Å²) in [6.07, 6.45) is 3.97. The fraction of sp³-hybridized carbons (Fsp3) is 0.500. The molecule has 2 saturated carbocycles. The molecule has 0 spiro atoms. The van der Waals surface area contributed by atoms with Crippen LogP contribution in [0.1, 0.15) is 61.8 Å². The predicted molar refractivity (Wildman–Crippen MR) is 93.2 cm³/mol. The van der Waals surface area contributed by atoms with Gasteiger partial charge in [0.25, 0.3) is 0 Å². The van der Waals surface area contributed by atoms with Gasteiger partial charge in [-0.3, -0.25) is 0 Å². The molecule has 0 bridgehead atoms. The number of nitrogens with zero attached hydrogens (tertiary/aromatic N) is 3. The lowest BCUT2D eigenvalue weighted by molar-refractivity contribution is 0.185. The van der Waals surface area contributed by atoms with Gasteiger partial charge in [0.15, 0.2) is 5.82 Å². The number of urea groups is 1. The number of amides is 2. The Bertz CT molecular complexity index is 799. The molecule has 2 aromatic rings. The van der Waals surface area contributed by atoms with Crippen molar-refractivity contribution < 1.29 is 13.7 Å². The van der Waals surface area contributed by atoms with Gasteiger partial charge in [0.05, 0.1) is 6.54 Å². The fourth-order valence-electron chi connectivity index (χ4n) is 2.87. The highest BCUT2D eigenvalue weighted by Crippen LogP contribution is 2.38. The average molecular weight is 379 g/mol. The number of hydrogen-bond donors (Lipinski definition) is 1. The molecule has 1 heterocycles. The first-order valence-electron chi connectivity index (χ1n) is 8.86. The largest absolute Gasteiger partial charge is 0.337 e. The van der Waals surface area contributed by atoms with Gasteiger partial charge in [0, 0.05) is 22.5 Å². The highest BCUT2D eigenvalue weighted by atomic mass is 35.5. The van der Waals surface area contributed by atoms with E-state index < -0.39 is 11.9 Å². The molecule has 2 aliphatic carbocycles. The highest BCUT2D eigenvalue weighted by Gasteiger charge is 2.35. The first kappa shape index (κ1) is 17.3. The second-order valence-electron chi connectivity index (χ2n) is 7.00. The molecule has 0 saturated heterocycles. The molecule has 2 aliphatic rings. The molecule has 0 aliphatic heterocycles. The van der Waals surface area contributed by atoms with E-state index in [4.69, 9.17) is 16.1 Å². The van der Waals surface area contributed by atoms with Gasteiger partial charge in [-0.2, -0.15) is 4.98 Å². The smallest absolute Gasteiger partial charge is 0.318 e. The summed E-state index contributed by atoms with van der Waals surface area (Å²) in [6.45, 7) is 1.93. The molecule has 2 fully saturated rings. The van der Waals surface area contributed by atoms with Crippen molar-refractivity contribution in [3.05, 3.63) is 46.3 Å². The normalized spacial score (nSPS) is 17.8. The lowest BCUT2D eigenvalue weighted by Crippen LogP contribution is -2.42. The molecule has 1 N–H and O–H groups in total. The summed E-state index contributed by atoms with van der Waals surface area (Å²) in [7, 11) is 0. The minimum Gasteiger partial charge on any atom is -0.337 e. The van der Waals surface area contributed by atoms with Crippen LogP contribution in [0.25, 0.3) is 0 Å². The molecular weight excluding hydrogens is 359 g/mol. The summed E-state index contributed by atoms with van der Waals surface area (Å²) in [4.78, 5) is 18.7. The maximum absolute atomic E-state index is 14.1. The maximum atomic E-state index is 14.1. The van der Waals surface area contributed by atoms with Gasteiger partial charge < -0.3 is 14.7 Å². The number of carbonyl (C=O) groups excluding carboxylic acids is 1. The topological polar surface area (TPSA) is 71.3 Å². The second kappa shape index (κ2) is 6.87. The highest BCUT2D eigenvalue weighted by molar-refractivity contribution is 6.31. The Morgan fingerprint density at radius 1 is 1.42 bits per heavy atom. The van der Waals surface area contributed by atoms with Gasteiger partial charge in [0.1, 0.15) is 11.9 Å². The minimum atomic E-state index is -0.417. The van der Waals surface area contributed by atoms with Crippen molar-refractivity contribution in [1.82, 2.24) is 20.4 Å². The zero-order valence-corrected chi connectivity index (χ0v) is 15.2. The Hall–Kier alpha value is -2.15. The molecule has 6 nitrogen and oxygen atoms in total. The SMILES string of the molecule is C[C@H](NC(=O)N(Cc1c(F)cccc1Cl)C1CC1)c1nc(C2CC2)no1. The third kappa shape index (κ3) is 3.67. The third-order valence-corrected chi connectivity index (χ3v) is 5.10. The summed E-state index contributed by atoms with van der Waals surface area (Å²) >= 11 is 6.11. The molecular formula is C18H20ClFN4O2. The minimum absolute atomic E-state index is 0.0996. The Morgan fingerprint density at radius 3 is 2.85 bits per heavy atom. The number of hydrogen-bond acceptors (Lipinski definition) is 4. The van der Waals surface area contributed by atoms with Gasteiger partial charge in [-0.25, -0.2) is 9.18 Å². The van der Waals surface area contributed by atoms with Crippen molar-refractivity contribution >= 4 is 17.6 Å². The fourth-order valence-corrected chi connectivity index (χ4v) is 3.09. The lowest BCUT2D eigenvalue weighted by atomic mass is 10.2. The quantitative estimate of drug-likeness (QED) is 0.818. The van der Waals surface area contributed by atoms with E-state index in [1.54, 1.807) is 24.0 Å². The number of aromatic nitrogens is 2. The van der Waals surface area contributed by atoms with Crippen LogP contribution in [0.3, 0.4) is 0 Å². The van der Waals surface area contributed by atoms with Crippen molar-refractivity contribution in [2.75, 3.05) is 0 Å². The zero-order chi connectivity index (χ0) is 18.3. The van der Waals surface area contributed by atoms with Crippen molar-refractivity contribution in [2.24, 2.45) is 0 Å². The van der Waals surface area contributed by atoms with Crippen LogP contribution in [0, 0.1) is 5.82 Å². The number of carbonyl (C=O) groups is 1. The Labute approximate surface area is 155 Å². The van der Waals surface area contributed by atoms with Crippen LogP contribution < -0.4 is 5.32 Å².